The monoisotopic (exact) mass is 165 g/mol. The molecule has 0 aromatic carbocycles. The van der Waals surface area contributed by atoms with Gasteiger partial charge in [-0.1, -0.05) is 0 Å². The lowest BCUT2D eigenvalue weighted by Crippen LogP contribution is -2.04. The first-order valence-electron chi connectivity index (χ1n) is 3.84. The van der Waals surface area contributed by atoms with Crippen molar-refractivity contribution in [3.8, 4) is 0 Å². The van der Waals surface area contributed by atoms with Crippen LogP contribution in [0.4, 0.5) is 0 Å². The third kappa shape index (κ3) is 2.05. The van der Waals surface area contributed by atoms with E-state index in [1.807, 2.05) is 6.92 Å². The molecule has 64 valence electrons. The summed E-state index contributed by atoms with van der Waals surface area (Å²) < 4.78 is 4.79. The molecule has 1 aromatic rings. The van der Waals surface area contributed by atoms with Crippen LogP contribution in [0, 0.1) is 6.92 Å². The Hall–Kier alpha value is -1.38. The van der Waals surface area contributed by atoms with Gasteiger partial charge in [-0.3, -0.25) is 4.98 Å². The van der Waals surface area contributed by atoms with Crippen LogP contribution in [-0.2, 0) is 4.74 Å². The van der Waals surface area contributed by atoms with Crippen LogP contribution in [0.1, 0.15) is 23.0 Å². The number of nitrogens with zero attached hydrogens (tertiary/aromatic N) is 1. The van der Waals surface area contributed by atoms with Crippen LogP contribution in [0.5, 0.6) is 0 Å². The molecule has 0 fully saturated rings. The van der Waals surface area contributed by atoms with E-state index in [0.29, 0.717) is 12.2 Å². The molecule has 3 heteroatoms. The number of rotatable bonds is 2. The maximum Gasteiger partial charge on any atom is 0.339 e. The van der Waals surface area contributed by atoms with Gasteiger partial charge in [-0.15, -0.1) is 0 Å². The molecule has 0 spiro atoms. The minimum atomic E-state index is -0.315. The van der Waals surface area contributed by atoms with Gasteiger partial charge in [0, 0.05) is 11.9 Å². The summed E-state index contributed by atoms with van der Waals surface area (Å²) in [4.78, 5) is 15.1. The van der Waals surface area contributed by atoms with Gasteiger partial charge in [-0.25, -0.2) is 4.79 Å². The van der Waals surface area contributed by atoms with Crippen LogP contribution in [0.25, 0.3) is 0 Å². The van der Waals surface area contributed by atoms with Crippen molar-refractivity contribution in [3.63, 3.8) is 0 Å². The van der Waals surface area contributed by atoms with E-state index in [9.17, 15) is 4.79 Å². The molecule has 0 saturated carbocycles. The minimum Gasteiger partial charge on any atom is -0.462 e. The Balaban J connectivity index is 2.75. The van der Waals surface area contributed by atoms with Crippen molar-refractivity contribution < 1.29 is 9.53 Å². The van der Waals surface area contributed by atoms with Crippen molar-refractivity contribution in [1.29, 1.82) is 0 Å². The van der Waals surface area contributed by atoms with E-state index in [4.69, 9.17) is 4.74 Å². The normalized spacial score (nSPS) is 9.50. The van der Waals surface area contributed by atoms with E-state index in [2.05, 4.69) is 4.98 Å². The van der Waals surface area contributed by atoms with Crippen LogP contribution in [0.3, 0.4) is 0 Å². The fourth-order valence-corrected chi connectivity index (χ4v) is 0.803. The summed E-state index contributed by atoms with van der Waals surface area (Å²) in [5, 5.41) is 0. The predicted octanol–water partition coefficient (Wildman–Crippen LogP) is 1.57. The number of aryl methyl sites for hydroxylation is 1. The summed E-state index contributed by atoms with van der Waals surface area (Å²) >= 11 is 0. The van der Waals surface area contributed by atoms with E-state index in [1.165, 1.54) is 6.20 Å². The SMILES string of the molecule is CCOC(=O)c1ccc(C)nc1. The van der Waals surface area contributed by atoms with E-state index in [1.54, 1.807) is 19.1 Å². The minimum absolute atomic E-state index is 0.315. The summed E-state index contributed by atoms with van der Waals surface area (Å²) in [7, 11) is 0. The van der Waals surface area contributed by atoms with Crippen molar-refractivity contribution >= 4 is 5.97 Å². The van der Waals surface area contributed by atoms with Gasteiger partial charge < -0.3 is 4.74 Å². The average Bonchev–Trinajstić information content (AvgIpc) is 2.06. The molecular weight excluding hydrogens is 154 g/mol. The van der Waals surface area contributed by atoms with Gasteiger partial charge in [0.05, 0.1) is 12.2 Å². The zero-order valence-electron chi connectivity index (χ0n) is 7.20. The van der Waals surface area contributed by atoms with Crippen molar-refractivity contribution in [2.45, 2.75) is 13.8 Å². The molecule has 0 aliphatic heterocycles. The van der Waals surface area contributed by atoms with E-state index in [0.717, 1.165) is 5.69 Å². The zero-order chi connectivity index (χ0) is 8.97. The van der Waals surface area contributed by atoms with E-state index >= 15 is 0 Å². The highest BCUT2D eigenvalue weighted by molar-refractivity contribution is 5.88. The average molecular weight is 165 g/mol. The highest BCUT2D eigenvalue weighted by Gasteiger charge is 2.04. The summed E-state index contributed by atoms with van der Waals surface area (Å²) in [5.74, 6) is -0.315. The lowest BCUT2D eigenvalue weighted by atomic mass is 10.2. The Morgan fingerprint density at radius 2 is 2.33 bits per heavy atom. The number of ether oxygens (including phenoxy) is 1. The van der Waals surface area contributed by atoms with Crippen molar-refractivity contribution in [2.75, 3.05) is 6.61 Å². The molecule has 1 aromatic heterocycles. The third-order valence-electron chi connectivity index (χ3n) is 1.42. The van der Waals surface area contributed by atoms with Crippen molar-refractivity contribution in [2.24, 2.45) is 0 Å². The first kappa shape index (κ1) is 8.71. The van der Waals surface area contributed by atoms with Crippen LogP contribution >= 0.6 is 0 Å². The first-order chi connectivity index (χ1) is 5.74. The van der Waals surface area contributed by atoms with Gasteiger partial charge >= 0.3 is 5.97 Å². The summed E-state index contributed by atoms with van der Waals surface area (Å²) in [6, 6.07) is 3.49. The largest absolute Gasteiger partial charge is 0.462 e. The number of hydrogen-bond donors (Lipinski definition) is 0. The second-order valence-corrected chi connectivity index (χ2v) is 2.41. The molecule has 0 saturated heterocycles. The number of carbonyl (C=O) groups excluding carboxylic acids is 1. The van der Waals surface area contributed by atoms with E-state index in [-0.39, 0.29) is 5.97 Å². The second kappa shape index (κ2) is 3.85. The highest BCUT2D eigenvalue weighted by atomic mass is 16.5. The predicted molar refractivity (Wildman–Crippen MR) is 44.9 cm³/mol. The topological polar surface area (TPSA) is 39.2 Å². The fraction of sp³-hybridized carbons (Fsp3) is 0.333. The summed E-state index contributed by atoms with van der Waals surface area (Å²) in [5.41, 5.74) is 1.39. The van der Waals surface area contributed by atoms with Crippen LogP contribution in [0.2, 0.25) is 0 Å². The van der Waals surface area contributed by atoms with Gasteiger partial charge in [-0.05, 0) is 26.0 Å². The molecule has 0 aliphatic carbocycles. The Morgan fingerprint density at radius 1 is 1.58 bits per heavy atom. The van der Waals surface area contributed by atoms with Gasteiger partial charge in [0.25, 0.3) is 0 Å². The Kier molecular flexibility index (Phi) is 2.80. The lowest BCUT2D eigenvalue weighted by molar-refractivity contribution is 0.0526. The summed E-state index contributed by atoms with van der Waals surface area (Å²) in [6.45, 7) is 4.04. The van der Waals surface area contributed by atoms with Gasteiger partial charge in [0.1, 0.15) is 0 Å². The van der Waals surface area contributed by atoms with Crippen LogP contribution in [-0.4, -0.2) is 17.6 Å². The molecule has 0 N–H and O–H groups in total. The fourth-order valence-electron chi connectivity index (χ4n) is 0.803. The number of hydrogen-bond acceptors (Lipinski definition) is 3. The number of esters is 1. The second-order valence-electron chi connectivity index (χ2n) is 2.41. The van der Waals surface area contributed by atoms with Gasteiger partial charge in [0.2, 0.25) is 0 Å². The standard InChI is InChI=1S/C9H11NO2/c1-3-12-9(11)8-5-4-7(2)10-6-8/h4-6H,3H2,1-2H3. The molecule has 0 atom stereocenters. The van der Waals surface area contributed by atoms with Gasteiger partial charge in [0.15, 0.2) is 0 Å². The van der Waals surface area contributed by atoms with Crippen molar-refractivity contribution in [1.82, 2.24) is 4.98 Å². The summed E-state index contributed by atoms with van der Waals surface area (Å²) in [6.07, 6.45) is 1.52. The number of carbonyl (C=O) groups is 1. The Labute approximate surface area is 71.4 Å². The molecule has 1 rings (SSSR count). The molecule has 0 radical (unpaired) electrons. The lowest BCUT2D eigenvalue weighted by Gasteiger charge is -2.00. The molecule has 1 heterocycles. The van der Waals surface area contributed by atoms with Crippen LogP contribution < -0.4 is 0 Å². The molecule has 3 nitrogen and oxygen atoms in total. The molecule has 12 heavy (non-hydrogen) atoms. The van der Waals surface area contributed by atoms with Gasteiger partial charge in [-0.2, -0.15) is 0 Å². The zero-order valence-corrected chi connectivity index (χ0v) is 7.20. The molecule has 0 bridgehead atoms. The number of pyridine rings is 1. The third-order valence-corrected chi connectivity index (χ3v) is 1.42. The molecule has 0 amide bonds. The molecule has 0 unspecified atom stereocenters. The van der Waals surface area contributed by atoms with E-state index < -0.39 is 0 Å². The Morgan fingerprint density at radius 3 is 2.83 bits per heavy atom. The maximum absolute atomic E-state index is 11.1. The number of aromatic nitrogens is 1. The van der Waals surface area contributed by atoms with Crippen molar-refractivity contribution in [3.05, 3.63) is 29.6 Å². The first-order valence-corrected chi connectivity index (χ1v) is 3.84. The molecular formula is C9H11NO2. The smallest absolute Gasteiger partial charge is 0.339 e. The highest BCUT2D eigenvalue weighted by Crippen LogP contribution is 2.00. The Bertz CT molecular complexity index is 266. The maximum atomic E-state index is 11.1. The van der Waals surface area contributed by atoms with Crippen LogP contribution in [0.15, 0.2) is 18.3 Å². The molecule has 0 aliphatic rings. The quantitative estimate of drug-likeness (QED) is 0.624.